The monoisotopic (exact) mass is 219 g/mol. The Kier molecular flexibility index (Phi) is 4.97. The Hall–Kier alpha value is -0.690. The van der Waals surface area contributed by atoms with Crippen LogP contribution in [0.4, 0.5) is 0 Å². The lowest BCUT2D eigenvalue weighted by molar-refractivity contribution is -0.207. The van der Waals surface area contributed by atoms with Gasteiger partial charge in [-0.3, -0.25) is 9.69 Å². The first-order chi connectivity index (χ1) is 7.19. The maximum atomic E-state index is 11.1. The number of carbonyl (C=O) groups is 1. The van der Waals surface area contributed by atoms with Crippen LogP contribution in [-0.2, 0) is 19.0 Å². The van der Waals surface area contributed by atoms with Crippen LogP contribution in [0.15, 0.2) is 0 Å². The van der Waals surface area contributed by atoms with Gasteiger partial charge in [0, 0.05) is 13.7 Å². The topological polar surface area (TPSA) is 68.2 Å². The van der Waals surface area contributed by atoms with Gasteiger partial charge in [0.05, 0.1) is 32.9 Å². The van der Waals surface area contributed by atoms with Gasteiger partial charge in [-0.15, -0.1) is 0 Å². The molecule has 1 saturated heterocycles. The fourth-order valence-electron chi connectivity index (χ4n) is 1.48. The number of morpholine rings is 1. The van der Waals surface area contributed by atoms with E-state index in [2.05, 4.69) is 4.74 Å². The minimum absolute atomic E-state index is 0.0858. The van der Waals surface area contributed by atoms with Crippen LogP contribution in [0.5, 0.6) is 0 Å². The quantitative estimate of drug-likeness (QED) is 0.601. The Morgan fingerprint density at radius 2 is 2.27 bits per heavy atom. The molecule has 0 amide bonds. The maximum Gasteiger partial charge on any atom is 0.319 e. The fraction of sp³-hybridized carbons (Fsp3) is 0.889. The zero-order valence-electron chi connectivity index (χ0n) is 9.01. The molecule has 0 aromatic carbocycles. The second-order valence-electron chi connectivity index (χ2n) is 3.38. The Bertz CT molecular complexity index is 199. The van der Waals surface area contributed by atoms with Crippen molar-refractivity contribution in [3.63, 3.8) is 0 Å². The average Bonchev–Trinajstić information content (AvgIpc) is 2.28. The van der Waals surface area contributed by atoms with Crippen molar-refractivity contribution >= 4 is 5.97 Å². The first kappa shape index (κ1) is 12.4. The fourth-order valence-corrected chi connectivity index (χ4v) is 1.48. The molecule has 0 bridgehead atoms. The van der Waals surface area contributed by atoms with Gasteiger partial charge in [0.15, 0.2) is 6.29 Å². The van der Waals surface area contributed by atoms with Crippen molar-refractivity contribution in [2.75, 3.05) is 40.5 Å². The largest absolute Gasteiger partial charge is 0.468 e. The number of methoxy groups -OCH3 is 2. The molecule has 0 radical (unpaired) electrons. The number of esters is 1. The van der Waals surface area contributed by atoms with E-state index in [1.807, 2.05) is 4.90 Å². The molecule has 1 rings (SSSR count). The summed E-state index contributed by atoms with van der Waals surface area (Å²) in [5, 5.41) is 8.99. The van der Waals surface area contributed by atoms with E-state index in [1.165, 1.54) is 14.2 Å². The highest BCUT2D eigenvalue weighted by Crippen LogP contribution is 2.11. The number of ether oxygens (including phenoxy) is 3. The van der Waals surface area contributed by atoms with Gasteiger partial charge in [0.1, 0.15) is 0 Å². The SMILES string of the molecule is COC(=O)CN1C[C@@H](CO)O[C@H](OC)C1. The van der Waals surface area contributed by atoms with Crippen LogP contribution in [0, 0.1) is 0 Å². The van der Waals surface area contributed by atoms with Crippen LogP contribution < -0.4 is 0 Å². The predicted molar refractivity (Wildman–Crippen MR) is 51.2 cm³/mol. The predicted octanol–water partition coefficient (Wildman–Crippen LogP) is -1.17. The highest BCUT2D eigenvalue weighted by Gasteiger charge is 2.28. The van der Waals surface area contributed by atoms with Gasteiger partial charge in [0.2, 0.25) is 0 Å². The highest BCUT2D eigenvalue weighted by atomic mass is 16.7. The minimum Gasteiger partial charge on any atom is -0.468 e. The Morgan fingerprint density at radius 1 is 1.53 bits per heavy atom. The third-order valence-corrected chi connectivity index (χ3v) is 2.26. The molecule has 0 unspecified atom stereocenters. The van der Waals surface area contributed by atoms with Crippen molar-refractivity contribution in [1.82, 2.24) is 4.90 Å². The molecule has 0 aromatic rings. The van der Waals surface area contributed by atoms with Crippen LogP contribution in [0.3, 0.4) is 0 Å². The number of rotatable bonds is 4. The molecule has 88 valence electrons. The van der Waals surface area contributed by atoms with Crippen LogP contribution in [0.25, 0.3) is 0 Å². The standard InChI is InChI=1S/C9H17NO5/c1-13-8(12)4-10-3-7(6-11)15-9(5-10)14-2/h7,9,11H,3-6H2,1-2H3/t7-,9-/m0/s1. The Morgan fingerprint density at radius 3 is 2.80 bits per heavy atom. The van der Waals surface area contributed by atoms with E-state index in [0.717, 1.165) is 0 Å². The normalized spacial score (nSPS) is 27.7. The van der Waals surface area contributed by atoms with Crippen LogP contribution in [0.2, 0.25) is 0 Å². The van der Waals surface area contributed by atoms with Crippen molar-refractivity contribution in [1.29, 1.82) is 0 Å². The summed E-state index contributed by atoms with van der Waals surface area (Å²) in [6.07, 6.45) is -0.714. The molecule has 1 fully saturated rings. The number of carbonyl (C=O) groups excluding carboxylic acids is 1. The van der Waals surface area contributed by atoms with Gasteiger partial charge in [-0.1, -0.05) is 0 Å². The molecular weight excluding hydrogens is 202 g/mol. The van der Waals surface area contributed by atoms with Gasteiger partial charge in [-0.25, -0.2) is 0 Å². The zero-order chi connectivity index (χ0) is 11.3. The lowest BCUT2D eigenvalue weighted by atomic mass is 10.2. The van der Waals surface area contributed by atoms with E-state index in [4.69, 9.17) is 14.6 Å². The first-order valence-corrected chi connectivity index (χ1v) is 4.78. The summed E-state index contributed by atoms with van der Waals surface area (Å²) in [6, 6.07) is 0. The van der Waals surface area contributed by atoms with E-state index >= 15 is 0 Å². The lowest BCUT2D eigenvalue weighted by Crippen LogP contribution is -2.51. The van der Waals surface area contributed by atoms with Gasteiger partial charge >= 0.3 is 5.97 Å². The zero-order valence-corrected chi connectivity index (χ0v) is 9.01. The molecular formula is C9H17NO5. The molecule has 15 heavy (non-hydrogen) atoms. The molecule has 1 aliphatic heterocycles. The molecule has 6 nitrogen and oxygen atoms in total. The first-order valence-electron chi connectivity index (χ1n) is 4.78. The second-order valence-corrected chi connectivity index (χ2v) is 3.38. The van der Waals surface area contributed by atoms with E-state index in [-0.39, 0.29) is 25.2 Å². The van der Waals surface area contributed by atoms with E-state index in [9.17, 15) is 4.79 Å². The third kappa shape index (κ3) is 3.75. The molecule has 0 aliphatic carbocycles. The molecule has 1 N–H and O–H groups in total. The number of aliphatic hydroxyl groups is 1. The summed E-state index contributed by atoms with van der Waals surface area (Å²) in [7, 11) is 2.88. The molecule has 2 atom stereocenters. The molecule has 1 aliphatic rings. The molecule has 6 heteroatoms. The number of aliphatic hydroxyl groups excluding tert-OH is 1. The summed E-state index contributed by atoms with van der Waals surface area (Å²) in [4.78, 5) is 12.9. The van der Waals surface area contributed by atoms with E-state index in [1.54, 1.807) is 0 Å². The molecule has 1 heterocycles. The summed E-state index contributed by atoms with van der Waals surface area (Å²) >= 11 is 0. The highest BCUT2D eigenvalue weighted by molar-refractivity contribution is 5.71. The van der Waals surface area contributed by atoms with Crippen molar-refractivity contribution in [3.05, 3.63) is 0 Å². The minimum atomic E-state index is -0.402. The van der Waals surface area contributed by atoms with Crippen LogP contribution >= 0.6 is 0 Å². The van der Waals surface area contributed by atoms with Crippen molar-refractivity contribution in [2.45, 2.75) is 12.4 Å². The van der Waals surface area contributed by atoms with Gasteiger partial charge in [0.25, 0.3) is 0 Å². The van der Waals surface area contributed by atoms with Gasteiger partial charge < -0.3 is 19.3 Å². The molecule has 0 aromatic heterocycles. The van der Waals surface area contributed by atoms with Crippen LogP contribution in [0.1, 0.15) is 0 Å². The summed E-state index contributed by atoms with van der Waals surface area (Å²) in [6.45, 7) is 1.11. The van der Waals surface area contributed by atoms with Crippen molar-refractivity contribution in [3.8, 4) is 0 Å². The third-order valence-electron chi connectivity index (χ3n) is 2.26. The number of hydrogen-bond donors (Lipinski definition) is 1. The van der Waals surface area contributed by atoms with Crippen LogP contribution in [-0.4, -0.2) is 68.8 Å². The van der Waals surface area contributed by atoms with E-state index < -0.39 is 6.29 Å². The molecule has 0 spiro atoms. The van der Waals surface area contributed by atoms with Crippen molar-refractivity contribution < 1.29 is 24.1 Å². The maximum absolute atomic E-state index is 11.1. The smallest absolute Gasteiger partial charge is 0.319 e. The molecule has 0 saturated carbocycles. The second kappa shape index (κ2) is 6.02. The Balaban J connectivity index is 2.46. The summed E-state index contributed by atoms with van der Waals surface area (Å²) < 4.78 is 15.0. The lowest BCUT2D eigenvalue weighted by Gasteiger charge is -2.35. The summed E-state index contributed by atoms with van der Waals surface area (Å²) in [5.41, 5.74) is 0. The summed E-state index contributed by atoms with van der Waals surface area (Å²) in [5.74, 6) is -0.302. The number of nitrogens with zero attached hydrogens (tertiary/aromatic N) is 1. The average molecular weight is 219 g/mol. The van der Waals surface area contributed by atoms with Gasteiger partial charge in [-0.05, 0) is 0 Å². The van der Waals surface area contributed by atoms with E-state index in [0.29, 0.717) is 13.1 Å². The van der Waals surface area contributed by atoms with Gasteiger partial charge in [-0.2, -0.15) is 0 Å². The number of hydrogen-bond acceptors (Lipinski definition) is 6. The van der Waals surface area contributed by atoms with Crippen molar-refractivity contribution in [2.24, 2.45) is 0 Å². The Labute approximate surface area is 88.7 Å².